The van der Waals surface area contributed by atoms with E-state index >= 15 is 0 Å². The number of methoxy groups -OCH3 is 1. The minimum absolute atomic E-state index is 0.635. The van der Waals surface area contributed by atoms with Crippen LogP contribution in [0.15, 0.2) is 24.3 Å². The summed E-state index contributed by atoms with van der Waals surface area (Å²) in [5.74, 6) is 1.68. The lowest BCUT2D eigenvalue weighted by Gasteiger charge is -2.24. The summed E-state index contributed by atoms with van der Waals surface area (Å²) in [5, 5.41) is 0. The van der Waals surface area contributed by atoms with Crippen LogP contribution >= 0.6 is 0 Å². The summed E-state index contributed by atoms with van der Waals surface area (Å²) in [6.07, 6.45) is 1.32. The predicted molar refractivity (Wildman–Crippen MR) is 66.1 cm³/mol. The molecule has 3 rings (SSSR count). The van der Waals surface area contributed by atoms with Crippen LogP contribution in [0.1, 0.15) is 12.0 Å². The normalized spacial score (nSPS) is 28.3. The topological polar surface area (TPSA) is 21.7 Å². The molecule has 2 heterocycles. The van der Waals surface area contributed by atoms with E-state index in [9.17, 15) is 0 Å². The van der Waals surface area contributed by atoms with Gasteiger partial charge in [0.15, 0.2) is 0 Å². The highest BCUT2D eigenvalue weighted by molar-refractivity contribution is 5.27. The van der Waals surface area contributed by atoms with E-state index in [2.05, 4.69) is 17.0 Å². The highest BCUT2D eigenvalue weighted by Crippen LogP contribution is 2.29. The van der Waals surface area contributed by atoms with Crippen LogP contribution in [0.25, 0.3) is 0 Å². The molecule has 2 saturated heterocycles. The first kappa shape index (κ1) is 11.1. The molecule has 0 spiro atoms. The summed E-state index contributed by atoms with van der Waals surface area (Å²) >= 11 is 0. The van der Waals surface area contributed by atoms with E-state index in [1.807, 2.05) is 12.1 Å². The number of likely N-dealkylation sites (tertiary alicyclic amines) is 1. The summed E-state index contributed by atoms with van der Waals surface area (Å²) in [5.41, 5.74) is 1.36. The lowest BCUT2D eigenvalue weighted by Crippen LogP contribution is -2.32. The van der Waals surface area contributed by atoms with Crippen LogP contribution in [0, 0.1) is 5.92 Å². The maximum atomic E-state index is 5.60. The van der Waals surface area contributed by atoms with Crippen molar-refractivity contribution in [1.82, 2.24) is 4.90 Å². The minimum atomic E-state index is 0.635. The van der Waals surface area contributed by atoms with Crippen molar-refractivity contribution in [2.24, 2.45) is 5.92 Å². The van der Waals surface area contributed by atoms with Gasteiger partial charge >= 0.3 is 0 Å². The molecule has 17 heavy (non-hydrogen) atoms. The average Bonchev–Trinajstić information content (AvgIpc) is 2.65. The lowest BCUT2D eigenvalue weighted by molar-refractivity contribution is 0.0521. The van der Waals surface area contributed by atoms with Crippen molar-refractivity contribution in [3.05, 3.63) is 29.8 Å². The first-order valence-electron chi connectivity index (χ1n) is 6.30. The molecule has 92 valence electrons. The van der Waals surface area contributed by atoms with Crippen LogP contribution < -0.4 is 4.74 Å². The molecule has 1 aromatic carbocycles. The van der Waals surface area contributed by atoms with Crippen LogP contribution in [0.4, 0.5) is 0 Å². The number of hydrogen-bond donors (Lipinski definition) is 0. The second-order valence-electron chi connectivity index (χ2n) is 5.07. The number of nitrogens with zero attached hydrogens (tertiary/aromatic N) is 1. The van der Waals surface area contributed by atoms with Crippen molar-refractivity contribution in [3.8, 4) is 5.75 Å². The summed E-state index contributed by atoms with van der Waals surface area (Å²) < 4.78 is 10.8. The van der Waals surface area contributed by atoms with E-state index in [0.717, 1.165) is 31.4 Å². The average molecular weight is 233 g/mol. The Morgan fingerprint density at radius 1 is 1.29 bits per heavy atom. The van der Waals surface area contributed by atoms with Gasteiger partial charge in [-0.05, 0) is 30.0 Å². The number of benzene rings is 1. The van der Waals surface area contributed by atoms with Gasteiger partial charge in [0.1, 0.15) is 5.75 Å². The van der Waals surface area contributed by atoms with Crippen molar-refractivity contribution in [2.45, 2.75) is 19.0 Å². The number of rotatable bonds is 3. The fourth-order valence-corrected chi connectivity index (χ4v) is 2.91. The minimum Gasteiger partial charge on any atom is -0.497 e. The van der Waals surface area contributed by atoms with Gasteiger partial charge in [-0.1, -0.05) is 12.1 Å². The molecule has 2 atom stereocenters. The Morgan fingerprint density at radius 2 is 2.12 bits per heavy atom. The lowest BCUT2D eigenvalue weighted by atomic mass is 10.1. The quantitative estimate of drug-likeness (QED) is 0.796. The maximum absolute atomic E-state index is 5.60. The fourth-order valence-electron chi connectivity index (χ4n) is 2.91. The zero-order valence-corrected chi connectivity index (χ0v) is 10.3. The summed E-state index contributed by atoms with van der Waals surface area (Å²) in [4.78, 5) is 2.56. The molecule has 3 nitrogen and oxygen atoms in total. The van der Waals surface area contributed by atoms with E-state index in [0.29, 0.717) is 6.04 Å². The van der Waals surface area contributed by atoms with Crippen LogP contribution in [-0.4, -0.2) is 37.8 Å². The van der Waals surface area contributed by atoms with Crippen LogP contribution in [0.3, 0.4) is 0 Å². The highest BCUT2D eigenvalue weighted by atomic mass is 16.5. The molecule has 0 amide bonds. The Morgan fingerprint density at radius 3 is 2.82 bits per heavy atom. The molecule has 2 bridgehead atoms. The maximum Gasteiger partial charge on any atom is 0.118 e. The largest absolute Gasteiger partial charge is 0.497 e. The number of fused-ring (bicyclic) bond motifs is 2. The van der Waals surface area contributed by atoms with E-state index in [1.165, 1.54) is 18.5 Å². The van der Waals surface area contributed by atoms with Crippen molar-refractivity contribution in [2.75, 3.05) is 26.9 Å². The molecule has 2 unspecified atom stereocenters. The van der Waals surface area contributed by atoms with Gasteiger partial charge in [0.05, 0.1) is 20.3 Å². The van der Waals surface area contributed by atoms with E-state index < -0.39 is 0 Å². The van der Waals surface area contributed by atoms with Gasteiger partial charge in [-0.3, -0.25) is 4.90 Å². The molecule has 2 fully saturated rings. The third-order valence-electron chi connectivity index (χ3n) is 3.82. The Bertz CT molecular complexity index is 376. The second-order valence-corrected chi connectivity index (χ2v) is 5.07. The molecule has 2 aliphatic rings. The zero-order valence-electron chi connectivity index (χ0n) is 10.3. The van der Waals surface area contributed by atoms with Crippen molar-refractivity contribution < 1.29 is 9.47 Å². The third-order valence-corrected chi connectivity index (χ3v) is 3.82. The monoisotopic (exact) mass is 233 g/mol. The molecular formula is C14H19NO2. The number of ether oxygens (including phenoxy) is 2. The first-order chi connectivity index (χ1) is 8.35. The summed E-state index contributed by atoms with van der Waals surface area (Å²) in [6.45, 7) is 4.09. The molecular weight excluding hydrogens is 214 g/mol. The molecule has 1 aromatic rings. The third kappa shape index (κ3) is 2.31. The Balaban J connectivity index is 1.66. The predicted octanol–water partition coefficient (Wildman–Crippen LogP) is 1.92. The second kappa shape index (κ2) is 4.67. The zero-order chi connectivity index (χ0) is 11.7. The molecule has 0 N–H and O–H groups in total. The van der Waals surface area contributed by atoms with Gasteiger partial charge in [-0.2, -0.15) is 0 Å². The van der Waals surface area contributed by atoms with Gasteiger partial charge < -0.3 is 9.47 Å². The summed E-state index contributed by atoms with van der Waals surface area (Å²) in [6, 6.07) is 9.02. The molecule has 2 aliphatic heterocycles. The smallest absolute Gasteiger partial charge is 0.118 e. The van der Waals surface area contributed by atoms with Gasteiger partial charge in [0.2, 0.25) is 0 Å². The molecule has 0 radical (unpaired) electrons. The molecule has 3 heteroatoms. The van der Waals surface area contributed by atoms with Crippen molar-refractivity contribution in [3.63, 3.8) is 0 Å². The van der Waals surface area contributed by atoms with Crippen molar-refractivity contribution >= 4 is 0 Å². The van der Waals surface area contributed by atoms with Crippen LogP contribution in [0.2, 0.25) is 0 Å². The van der Waals surface area contributed by atoms with Crippen molar-refractivity contribution in [1.29, 1.82) is 0 Å². The molecule has 0 saturated carbocycles. The molecule has 0 aliphatic carbocycles. The Kier molecular flexibility index (Phi) is 3.04. The first-order valence-corrected chi connectivity index (χ1v) is 6.30. The summed E-state index contributed by atoms with van der Waals surface area (Å²) in [7, 11) is 1.70. The van der Waals surface area contributed by atoms with E-state index in [-0.39, 0.29) is 0 Å². The Hall–Kier alpha value is -1.06. The van der Waals surface area contributed by atoms with Gasteiger partial charge in [0, 0.05) is 19.1 Å². The van der Waals surface area contributed by atoms with E-state index in [4.69, 9.17) is 9.47 Å². The van der Waals surface area contributed by atoms with Crippen LogP contribution in [0.5, 0.6) is 5.75 Å². The fraction of sp³-hybridized carbons (Fsp3) is 0.571. The van der Waals surface area contributed by atoms with Gasteiger partial charge in [0.25, 0.3) is 0 Å². The number of hydrogen-bond acceptors (Lipinski definition) is 3. The Labute approximate surface area is 102 Å². The van der Waals surface area contributed by atoms with Crippen LogP contribution in [-0.2, 0) is 11.3 Å². The van der Waals surface area contributed by atoms with E-state index in [1.54, 1.807) is 7.11 Å². The highest BCUT2D eigenvalue weighted by Gasteiger charge is 2.35. The SMILES string of the molecule is COc1ccc(CN2CC3COCC2C3)cc1. The van der Waals surface area contributed by atoms with Gasteiger partial charge in [-0.25, -0.2) is 0 Å². The molecule has 0 aromatic heterocycles. The van der Waals surface area contributed by atoms with Gasteiger partial charge in [-0.15, -0.1) is 0 Å². The standard InChI is InChI=1S/C14H19NO2/c1-16-14-4-2-11(3-5-14)7-15-8-12-6-13(15)10-17-9-12/h2-5,12-13H,6-10H2,1H3.